The van der Waals surface area contributed by atoms with Crippen molar-refractivity contribution in [3.63, 3.8) is 0 Å². The quantitative estimate of drug-likeness (QED) is 0.809. The molecule has 1 N–H and O–H groups in total. The molecule has 2 amide bonds. The molecule has 3 rings (SSSR count). The molecule has 0 aromatic heterocycles. The Morgan fingerprint density at radius 2 is 1.96 bits per heavy atom. The predicted octanol–water partition coefficient (Wildman–Crippen LogP) is 5.21. The fraction of sp³-hybridized carbons (Fsp3) is 0.611. The number of anilines is 1. The van der Waals surface area contributed by atoms with Crippen molar-refractivity contribution in [2.45, 2.75) is 36.7 Å². The molecule has 126 valence electrons. The lowest BCUT2D eigenvalue weighted by Gasteiger charge is -2.27. The molecule has 2 aliphatic rings. The molecule has 1 aromatic carbocycles. The number of nitrogens with one attached hydrogen (secondary N) is 1. The molecule has 0 bridgehead atoms. The third-order valence-electron chi connectivity index (χ3n) is 4.64. The van der Waals surface area contributed by atoms with E-state index in [-0.39, 0.29) is 6.03 Å². The molecule has 1 saturated heterocycles. The number of hydrogen-bond acceptors (Lipinski definition) is 3. The lowest BCUT2D eigenvalue weighted by atomic mass is 9.89. The van der Waals surface area contributed by atoms with Crippen molar-refractivity contribution in [2.24, 2.45) is 5.92 Å². The van der Waals surface area contributed by atoms with E-state index in [0.29, 0.717) is 10.5 Å². The summed E-state index contributed by atoms with van der Waals surface area (Å²) in [6.07, 6.45) is 6.53. The number of carbonyl (C=O) groups excluding carboxylic acids is 1. The average molecular weight is 351 g/mol. The summed E-state index contributed by atoms with van der Waals surface area (Å²) in [5.41, 5.74) is 2.22. The predicted molar refractivity (Wildman–Crippen MR) is 102 cm³/mol. The van der Waals surface area contributed by atoms with Crippen LogP contribution in [0.25, 0.3) is 0 Å². The lowest BCUT2D eigenvalue weighted by molar-refractivity contribution is 0.205. The lowest BCUT2D eigenvalue weighted by Crippen LogP contribution is -2.35. The van der Waals surface area contributed by atoms with Crippen LogP contribution in [0.5, 0.6) is 0 Å². The second kappa shape index (κ2) is 8.34. The molecule has 1 heterocycles. The molecule has 1 saturated carbocycles. The first kappa shape index (κ1) is 17.0. The standard InChI is InChI=1S/C18H26N2OS2/c1-20(13-14-6-3-2-4-7-14)18(21)19-16-9-5-8-15(12-16)17-22-10-11-23-17/h5,8-9,12,14,17H,2-4,6-7,10-11,13H2,1H3,(H,19,21). The second-order valence-corrected chi connectivity index (χ2v) is 9.24. The van der Waals surface area contributed by atoms with Crippen molar-refractivity contribution < 1.29 is 4.79 Å². The van der Waals surface area contributed by atoms with E-state index in [1.807, 2.05) is 47.6 Å². The molecule has 1 aromatic rings. The third kappa shape index (κ3) is 4.83. The zero-order valence-electron chi connectivity index (χ0n) is 13.8. The van der Waals surface area contributed by atoms with Crippen molar-refractivity contribution in [3.05, 3.63) is 29.8 Å². The van der Waals surface area contributed by atoms with E-state index in [9.17, 15) is 4.79 Å². The van der Waals surface area contributed by atoms with Gasteiger partial charge in [0.25, 0.3) is 0 Å². The first-order valence-corrected chi connectivity index (χ1v) is 10.7. The van der Waals surface area contributed by atoms with Gasteiger partial charge in [-0.3, -0.25) is 0 Å². The molecule has 5 heteroatoms. The first-order chi connectivity index (χ1) is 11.2. The van der Waals surface area contributed by atoms with Gasteiger partial charge in [0.2, 0.25) is 0 Å². The van der Waals surface area contributed by atoms with Crippen LogP contribution in [0.3, 0.4) is 0 Å². The Morgan fingerprint density at radius 1 is 1.22 bits per heavy atom. The van der Waals surface area contributed by atoms with Gasteiger partial charge >= 0.3 is 6.03 Å². The summed E-state index contributed by atoms with van der Waals surface area (Å²) in [4.78, 5) is 14.3. The number of thioether (sulfide) groups is 2. The van der Waals surface area contributed by atoms with Crippen LogP contribution < -0.4 is 5.32 Å². The summed E-state index contributed by atoms with van der Waals surface area (Å²) < 4.78 is 0.520. The van der Waals surface area contributed by atoms with Crippen molar-refractivity contribution in [1.29, 1.82) is 0 Å². The van der Waals surface area contributed by atoms with Gasteiger partial charge in [0.05, 0.1) is 4.58 Å². The highest BCUT2D eigenvalue weighted by Gasteiger charge is 2.20. The van der Waals surface area contributed by atoms with Gasteiger partial charge in [-0.25, -0.2) is 4.79 Å². The van der Waals surface area contributed by atoms with Crippen LogP contribution in [0.1, 0.15) is 42.2 Å². The Balaban J connectivity index is 1.55. The smallest absolute Gasteiger partial charge is 0.321 e. The van der Waals surface area contributed by atoms with E-state index in [1.165, 1.54) is 49.2 Å². The number of hydrogen-bond donors (Lipinski definition) is 1. The minimum atomic E-state index is 0.0134. The Kier molecular flexibility index (Phi) is 6.17. The SMILES string of the molecule is CN(CC1CCCCC1)C(=O)Nc1cccc(C2SCCS2)c1. The summed E-state index contributed by atoms with van der Waals surface area (Å²) in [7, 11) is 1.91. The molecule has 1 aliphatic heterocycles. The highest BCUT2D eigenvalue weighted by Crippen LogP contribution is 2.45. The average Bonchev–Trinajstić information content (AvgIpc) is 3.10. The molecular formula is C18H26N2OS2. The zero-order valence-corrected chi connectivity index (χ0v) is 15.4. The van der Waals surface area contributed by atoms with Gasteiger partial charge in [-0.1, -0.05) is 31.4 Å². The van der Waals surface area contributed by atoms with Gasteiger partial charge in [0, 0.05) is 30.8 Å². The van der Waals surface area contributed by atoms with E-state index in [2.05, 4.69) is 17.4 Å². The third-order valence-corrected chi connectivity index (χ3v) is 7.74. The van der Waals surface area contributed by atoms with Crippen LogP contribution in [0.2, 0.25) is 0 Å². The molecule has 0 radical (unpaired) electrons. The highest BCUT2D eigenvalue weighted by molar-refractivity contribution is 8.19. The van der Waals surface area contributed by atoms with Crippen LogP contribution in [-0.4, -0.2) is 36.0 Å². The molecule has 0 unspecified atom stereocenters. The van der Waals surface area contributed by atoms with E-state index in [4.69, 9.17) is 0 Å². The Hall–Kier alpha value is -0.810. The topological polar surface area (TPSA) is 32.3 Å². The summed E-state index contributed by atoms with van der Waals surface area (Å²) in [6.45, 7) is 0.875. The molecule has 0 spiro atoms. The zero-order chi connectivity index (χ0) is 16.1. The fourth-order valence-electron chi connectivity index (χ4n) is 3.37. The van der Waals surface area contributed by atoms with Crippen molar-refractivity contribution >= 4 is 35.2 Å². The van der Waals surface area contributed by atoms with E-state index in [1.54, 1.807) is 0 Å². The van der Waals surface area contributed by atoms with Crippen LogP contribution in [-0.2, 0) is 0 Å². The van der Waals surface area contributed by atoms with Crippen molar-refractivity contribution in [1.82, 2.24) is 4.90 Å². The first-order valence-electron chi connectivity index (χ1n) is 8.57. The van der Waals surface area contributed by atoms with Gasteiger partial charge < -0.3 is 10.2 Å². The van der Waals surface area contributed by atoms with Gasteiger partial charge in [-0.05, 0) is 36.5 Å². The van der Waals surface area contributed by atoms with E-state index < -0.39 is 0 Å². The minimum Gasteiger partial charge on any atom is -0.327 e. The van der Waals surface area contributed by atoms with Crippen molar-refractivity contribution in [2.75, 3.05) is 30.4 Å². The normalized spacial score (nSPS) is 19.7. The highest BCUT2D eigenvalue weighted by atomic mass is 32.2. The van der Waals surface area contributed by atoms with Crippen LogP contribution in [0.4, 0.5) is 10.5 Å². The van der Waals surface area contributed by atoms with Crippen molar-refractivity contribution in [3.8, 4) is 0 Å². The maximum Gasteiger partial charge on any atom is 0.321 e. The maximum absolute atomic E-state index is 12.4. The molecule has 0 atom stereocenters. The van der Waals surface area contributed by atoms with Gasteiger partial charge in [0.15, 0.2) is 0 Å². The van der Waals surface area contributed by atoms with Crippen LogP contribution in [0, 0.1) is 5.92 Å². The van der Waals surface area contributed by atoms with E-state index >= 15 is 0 Å². The Bertz CT molecular complexity index is 526. The van der Waals surface area contributed by atoms with Crippen LogP contribution in [0.15, 0.2) is 24.3 Å². The molecule has 3 nitrogen and oxygen atoms in total. The number of amides is 2. The Morgan fingerprint density at radius 3 is 2.70 bits per heavy atom. The van der Waals surface area contributed by atoms with Gasteiger partial charge in [-0.15, -0.1) is 23.5 Å². The second-order valence-electron chi connectivity index (χ2n) is 6.51. The largest absolute Gasteiger partial charge is 0.327 e. The summed E-state index contributed by atoms with van der Waals surface area (Å²) >= 11 is 3.98. The molecule has 23 heavy (non-hydrogen) atoms. The van der Waals surface area contributed by atoms with Gasteiger partial charge in [0.1, 0.15) is 0 Å². The van der Waals surface area contributed by atoms with Crippen LogP contribution >= 0.6 is 23.5 Å². The summed E-state index contributed by atoms with van der Waals surface area (Å²) in [5, 5.41) is 3.06. The minimum absolute atomic E-state index is 0.0134. The van der Waals surface area contributed by atoms with Gasteiger partial charge in [-0.2, -0.15) is 0 Å². The number of rotatable bonds is 4. The summed E-state index contributed by atoms with van der Waals surface area (Å²) in [6, 6.07) is 8.34. The molecule has 2 fully saturated rings. The molecule has 1 aliphatic carbocycles. The number of nitrogens with zero attached hydrogens (tertiary/aromatic N) is 1. The Labute approximate surface area is 148 Å². The maximum atomic E-state index is 12.4. The molecular weight excluding hydrogens is 324 g/mol. The number of benzene rings is 1. The number of carbonyl (C=O) groups is 1. The summed E-state index contributed by atoms with van der Waals surface area (Å²) in [5.74, 6) is 3.11. The number of urea groups is 1. The fourth-order valence-corrected chi connectivity index (χ4v) is 6.21. The van der Waals surface area contributed by atoms with E-state index in [0.717, 1.165) is 12.2 Å². The monoisotopic (exact) mass is 350 g/mol.